The molecule has 4 aromatic rings. The van der Waals surface area contributed by atoms with Crippen molar-refractivity contribution in [2.45, 2.75) is 56.6 Å². The molecule has 1 fully saturated rings. The Morgan fingerprint density at radius 3 is 2.51 bits per heavy atom. The summed E-state index contributed by atoms with van der Waals surface area (Å²) in [5.74, 6) is 0.979. The number of para-hydroxylation sites is 2. The van der Waals surface area contributed by atoms with Gasteiger partial charge in [-0.2, -0.15) is 0 Å². The molecule has 3 heterocycles. The molecule has 0 atom stereocenters. The minimum Gasteiger partial charge on any atom is -0.343 e. The molecule has 1 aliphatic rings. The molecule has 9 heteroatoms. The molecule has 2 aromatic heterocycles. The number of aromatic nitrogens is 4. The van der Waals surface area contributed by atoms with Crippen molar-refractivity contribution in [3.8, 4) is 0 Å². The number of thioether (sulfide) groups is 1. The summed E-state index contributed by atoms with van der Waals surface area (Å²) in [6, 6.07) is 17.8. The van der Waals surface area contributed by atoms with Gasteiger partial charge in [0, 0.05) is 56.0 Å². The van der Waals surface area contributed by atoms with Crippen LogP contribution in [0.5, 0.6) is 0 Å². The fourth-order valence-electron chi connectivity index (χ4n) is 5.37. The zero-order chi connectivity index (χ0) is 27.4. The third-order valence-electron chi connectivity index (χ3n) is 7.60. The second-order valence-corrected chi connectivity index (χ2v) is 11.3. The maximum atomic E-state index is 13.0. The van der Waals surface area contributed by atoms with E-state index in [0.29, 0.717) is 25.9 Å². The lowest BCUT2D eigenvalue weighted by Gasteiger charge is -2.32. The van der Waals surface area contributed by atoms with Crippen molar-refractivity contribution in [2.24, 2.45) is 7.05 Å². The van der Waals surface area contributed by atoms with Gasteiger partial charge >= 0.3 is 5.69 Å². The molecular formula is C30H35N5O3S. The second kappa shape index (κ2) is 12.1. The van der Waals surface area contributed by atoms with Crippen LogP contribution in [-0.2, 0) is 18.3 Å². The molecule has 2 aromatic carbocycles. The minimum atomic E-state index is -0.0773. The number of H-pyrrole nitrogens is 1. The SMILES string of the molecule is Cc1nc(SCCCCC(=O)N2CCC(n3c(=O)[nH]c4ccccc43)CC2)n(C)c(=O)c1Cc1ccccc1. The number of unbranched alkanes of at least 4 members (excludes halogenated alkanes) is 1. The molecule has 0 aliphatic carbocycles. The average molecular weight is 546 g/mol. The van der Waals surface area contributed by atoms with Crippen LogP contribution < -0.4 is 11.2 Å². The van der Waals surface area contributed by atoms with Gasteiger partial charge in [-0.25, -0.2) is 9.78 Å². The predicted octanol–water partition coefficient (Wildman–Crippen LogP) is 4.45. The van der Waals surface area contributed by atoms with Crippen molar-refractivity contribution < 1.29 is 4.79 Å². The summed E-state index contributed by atoms with van der Waals surface area (Å²) in [7, 11) is 1.78. The lowest BCUT2D eigenvalue weighted by molar-refractivity contribution is -0.132. The number of hydrogen-bond donors (Lipinski definition) is 1. The fraction of sp³-hybridized carbons (Fsp3) is 0.400. The number of amides is 1. The lowest BCUT2D eigenvalue weighted by Crippen LogP contribution is -2.40. The number of carbonyl (C=O) groups is 1. The van der Waals surface area contributed by atoms with Crippen LogP contribution in [0.15, 0.2) is 69.3 Å². The van der Waals surface area contributed by atoms with E-state index in [-0.39, 0.29) is 23.2 Å². The lowest BCUT2D eigenvalue weighted by atomic mass is 10.0. The molecule has 5 rings (SSSR count). The first-order chi connectivity index (χ1) is 18.9. The summed E-state index contributed by atoms with van der Waals surface area (Å²) in [4.78, 5) is 47.9. The third-order valence-corrected chi connectivity index (χ3v) is 8.71. The Labute approximate surface area is 232 Å². The summed E-state index contributed by atoms with van der Waals surface area (Å²) in [5.41, 5.74) is 4.31. The van der Waals surface area contributed by atoms with Gasteiger partial charge in [-0.3, -0.25) is 18.7 Å². The molecule has 1 saturated heterocycles. The number of fused-ring (bicyclic) bond motifs is 1. The summed E-state index contributed by atoms with van der Waals surface area (Å²) >= 11 is 1.57. The van der Waals surface area contributed by atoms with Gasteiger partial charge in [0.2, 0.25) is 5.91 Å². The zero-order valence-electron chi connectivity index (χ0n) is 22.6. The van der Waals surface area contributed by atoms with Crippen molar-refractivity contribution in [1.29, 1.82) is 0 Å². The quantitative estimate of drug-likeness (QED) is 0.191. The van der Waals surface area contributed by atoms with Crippen LogP contribution in [0.2, 0.25) is 0 Å². The molecule has 204 valence electrons. The van der Waals surface area contributed by atoms with Gasteiger partial charge in [0.25, 0.3) is 5.56 Å². The first-order valence-electron chi connectivity index (χ1n) is 13.6. The van der Waals surface area contributed by atoms with E-state index in [1.165, 1.54) is 0 Å². The van der Waals surface area contributed by atoms with Crippen molar-refractivity contribution >= 4 is 28.7 Å². The standard InChI is InChI=1S/C30H35N5O3S/c1-21-24(20-22-10-4-3-5-11-22)28(37)33(2)30(31-21)39-19-9-8-14-27(36)34-17-15-23(16-18-34)35-26-13-7-6-12-25(26)32-29(35)38/h3-7,10-13,23H,8-9,14-20H2,1-2H3,(H,32,38). The Bertz CT molecular complexity index is 1570. The number of hydrogen-bond acceptors (Lipinski definition) is 5. The number of rotatable bonds is 9. The average Bonchev–Trinajstić information content (AvgIpc) is 3.29. The van der Waals surface area contributed by atoms with Gasteiger partial charge in [0.1, 0.15) is 0 Å². The summed E-state index contributed by atoms with van der Waals surface area (Å²) < 4.78 is 3.50. The largest absolute Gasteiger partial charge is 0.343 e. The van der Waals surface area contributed by atoms with Crippen LogP contribution in [0.25, 0.3) is 11.0 Å². The molecule has 0 bridgehead atoms. The Balaban J connectivity index is 1.08. The molecule has 0 saturated carbocycles. The normalized spacial score (nSPS) is 14.3. The van der Waals surface area contributed by atoms with Gasteiger partial charge in [0.15, 0.2) is 5.16 Å². The molecule has 1 aliphatic heterocycles. The summed E-state index contributed by atoms with van der Waals surface area (Å²) in [5, 5.41) is 0.718. The first kappa shape index (κ1) is 27.0. The highest BCUT2D eigenvalue weighted by Gasteiger charge is 2.25. The molecule has 8 nitrogen and oxygen atoms in total. The Kier molecular flexibility index (Phi) is 8.35. The smallest absolute Gasteiger partial charge is 0.326 e. The molecule has 0 spiro atoms. The van der Waals surface area contributed by atoms with Gasteiger partial charge in [-0.1, -0.05) is 54.2 Å². The number of nitrogens with one attached hydrogen (secondary N) is 1. The van der Waals surface area contributed by atoms with E-state index < -0.39 is 0 Å². The van der Waals surface area contributed by atoms with Crippen LogP contribution in [0.4, 0.5) is 0 Å². The van der Waals surface area contributed by atoms with E-state index in [1.807, 2.05) is 71.0 Å². The number of aromatic amines is 1. The monoisotopic (exact) mass is 545 g/mol. The number of aryl methyl sites for hydroxylation is 1. The second-order valence-electron chi connectivity index (χ2n) is 10.2. The van der Waals surface area contributed by atoms with Gasteiger partial charge in [0.05, 0.1) is 11.0 Å². The maximum Gasteiger partial charge on any atom is 0.326 e. The first-order valence-corrected chi connectivity index (χ1v) is 14.6. The third kappa shape index (κ3) is 6.03. The fourth-order valence-corrected chi connectivity index (χ4v) is 6.38. The van der Waals surface area contributed by atoms with E-state index in [0.717, 1.165) is 64.4 Å². The van der Waals surface area contributed by atoms with Crippen LogP contribution in [-0.4, -0.2) is 48.8 Å². The minimum absolute atomic E-state index is 0.00216. The van der Waals surface area contributed by atoms with Crippen LogP contribution in [0.1, 0.15) is 55.0 Å². The van der Waals surface area contributed by atoms with Gasteiger partial charge in [-0.05, 0) is 50.3 Å². The van der Waals surface area contributed by atoms with Crippen molar-refractivity contribution in [3.63, 3.8) is 0 Å². The zero-order valence-corrected chi connectivity index (χ0v) is 23.4. The van der Waals surface area contributed by atoms with Crippen molar-refractivity contribution in [2.75, 3.05) is 18.8 Å². The van der Waals surface area contributed by atoms with Gasteiger partial charge in [-0.15, -0.1) is 0 Å². The summed E-state index contributed by atoms with van der Waals surface area (Å²) in [6.45, 7) is 3.25. The van der Waals surface area contributed by atoms with Gasteiger partial charge < -0.3 is 9.88 Å². The number of benzene rings is 2. The van der Waals surface area contributed by atoms with E-state index >= 15 is 0 Å². The highest BCUT2D eigenvalue weighted by Crippen LogP contribution is 2.25. The number of likely N-dealkylation sites (tertiary alicyclic amines) is 1. The molecule has 1 N–H and O–H groups in total. The topological polar surface area (TPSA) is 93.0 Å². The van der Waals surface area contributed by atoms with Crippen LogP contribution in [0, 0.1) is 6.92 Å². The Morgan fingerprint density at radius 1 is 1.03 bits per heavy atom. The highest BCUT2D eigenvalue weighted by atomic mass is 32.2. The van der Waals surface area contributed by atoms with E-state index in [1.54, 1.807) is 23.4 Å². The van der Waals surface area contributed by atoms with E-state index in [9.17, 15) is 14.4 Å². The number of piperidine rings is 1. The molecule has 39 heavy (non-hydrogen) atoms. The number of nitrogens with zero attached hydrogens (tertiary/aromatic N) is 4. The molecular weight excluding hydrogens is 510 g/mol. The number of carbonyl (C=O) groups excluding carboxylic acids is 1. The molecule has 0 unspecified atom stereocenters. The Morgan fingerprint density at radius 2 is 1.74 bits per heavy atom. The Hall–Kier alpha value is -3.59. The molecule has 0 radical (unpaired) electrons. The van der Waals surface area contributed by atoms with Crippen LogP contribution in [0.3, 0.4) is 0 Å². The van der Waals surface area contributed by atoms with Crippen molar-refractivity contribution in [3.05, 3.63) is 92.3 Å². The number of imidazole rings is 1. The molecule has 1 amide bonds. The maximum absolute atomic E-state index is 13.0. The summed E-state index contributed by atoms with van der Waals surface area (Å²) in [6.07, 6.45) is 4.32. The van der Waals surface area contributed by atoms with Crippen LogP contribution >= 0.6 is 11.8 Å². The van der Waals surface area contributed by atoms with E-state index in [2.05, 4.69) is 4.98 Å². The highest BCUT2D eigenvalue weighted by molar-refractivity contribution is 7.99. The predicted molar refractivity (Wildman–Crippen MR) is 155 cm³/mol. The van der Waals surface area contributed by atoms with E-state index in [4.69, 9.17) is 4.98 Å². The van der Waals surface area contributed by atoms with Crippen molar-refractivity contribution in [1.82, 2.24) is 24.0 Å².